The number of fused-ring (bicyclic) bond motifs is 5. The topological polar surface area (TPSA) is 26.3 Å². The Morgan fingerprint density at radius 2 is 1.78 bits per heavy atom. The molecule has 3 saturated carbocycles. The Bertz CT molecular complexity index is 763. The summed E-state index contributed by atoms with van der Waals surface area (Å²) in [5.74, 6) is 4.84. The summed E-state index contributed by atoms with van der Waals surface area (Å²) in [4.78, 5) is 11.6. The van der Waals surface area contributed by atoms with Crippen LogP contribution in [0.4, 0.5) is 0 Å². The standard InChI is InChI=1S/C30H48O2/c1-19(2)9-8-10-20(3)24-13-14-26-23-11-12-25-21(4)28(32-22(5)31)16-18-30(25,7)27(23)15-17-29(24,26)6/h8-9,11,19-21,24-28H,10,12-18H2,1-7H3/t20-,21?,24-,25+,26+,27+,28+,29-,30+/m1/s1. The lowest BCUT2D eigenvalue weighted by molar-refractivity contribution is -0.158. The van der Waals surface area contributed by atoms with Crippen LogP contribution in [0.2, 0.25) is 0 Å². The van der Waals surface area contributed by atoms with Crippen molar-refractivity contribution in [2.75, 3.05) is 0 Å². The van der Waals surface area contributed by atoms with E-state index in [4.69, 9.17) is 4.74 Å². The average molecular weight is 441 g/mol. The van der Waals surface area contributed by atoms with Gasteiger partial charge in [-0.1, -0.05) is 65.3 Å². The van der Waals surface area contributed by atoms with Crippen molar-refractivity contribution >= 4 is 5.97 Å². The Balaban J connectivity index is 1.53. The highest BCUT2D eigenvalue weighted by Gasteiger charge is 2.59. The lowest BCUT2D eigenvalue weighted by Gasteiger charge is -2.59. The van der Waals surface area contributed by atoms with Crippen molar-refractivity contribution in [1.29, 1.82) is 0 Å². The van der Waals surface area contributed by atoms with Crippen LogP contribution in [0.15, 0.2) is 23.8 Å². The van der Waals surface area contributed by atoms with E-state index in [1.54, 1.807) is 6.92 Å². The first-order chi connectivity index (χ1) is 15.1. The number of rotatable bonds is 5. The van der Waals surface area contributed by atoms with Crippen molar-refractivity contribution in [3.05, 3.63) is 23.8 Å². The van der Waals surface area contributed by atoms with Crippen molar-refractivity contribution in [1.82, 2.24) is 0 Å². The molecule has 4 rings (SSSR count). The minimum absolute atomic E-state index is 0.111. The van der Waals surface area contributed by atoms with Crippen LogP contribution in [0, 0.1) is 52.3 Å². The van der Waals surface area contributed by atoms with Gasteiger partial charge in [0.1, 0.15) is 6.10 Å². The summed E-state index contributed by atoms with van der Waals surface area (Å²) in [6.45, 7) is 16.2. The molecule has 0 aromatic carbocycles. The fourth-order valence-electron chi connectivity index (χ4n) is 9.02. The van der Waals surface area contributed by atoms with Crippen molar-refractivity contribution in [2.45, 2.75) is 106 Å². The third kappa shape index (κ3) is 4.03. The lowest BCUT2D eigenvalue weighted by atomic mass is 9.46. The Morgan fingerprint density at radius 3 is 2.47 bits per heavy atom. The molecule has 4 aliphatic rings. The fraction of sp³-hybridized carbons (Fsp3) is 0.833. The predicted molar refractivity (Wildman–Crippen MR) is 133 cm³/mol. The van der Waals surface area contributed by atoms with E-state index in [1.165, 1.54) is 44.9 Å². The van der Waals surface area contributed by atoms with Gasteiger partial charge >= 0.3 is 5.97 Å². The summed E-state index contributed by atoms with van der Waals surface area (Å²) in [5, 5.41) is 0. The van der Waals surface area contributed by atoms with E-state index < -0.39 is 0 Å². The molecule has 0 bridgehead atoms. The molecular weight excluding hydrogens is 392 g/mol. The Hall–Kier alpha value is -1.05. The molecule has 2 nitrogen and oxygen atoms in total. The van der Waals surface area contributed by atoms with Crippen LogP contribution in [0.1, 0.15) is 99.8 Å². The van der Waals surface area contributed by atoms with Gasteiger partial charge in [0, 0.05) is 6.92 Å². The van der Waals surface area contributed by atoms with Crippen molar-refractivity contribution in [3.63, 3.8) is 0 Å². The fourth-order valence-corrected chi connectivity index (χ4v) is 9.02. The molecule has 0 spiro atoms. The second-order valence-corrected chi connectivity index (χ2v) is 12.8. The summed E-state index contributed by atoms with van der Waals surface area (Å²) < 4.78 is 5.74. The molecule has 0 heterocycles. The molecule has 0 amide bonds. The van der Waals surface area contributed by atoms with Gasteiger partial charge in [0.05, 0.1) is 0 Å². The third-order valence-corrected chi connectivity index (χ3v) is 10.7. The van der Waals surface area contributed by atoms with E-state index in [9.17, 15) is 4.79 Å². The molecule has 1 unspecified atom stereocenters. The first kappa shape index (κ1) is 24.1. The lowest BCUT2D eigenvalue weighted by Crippen LogP contribution is -2.53. The van der Waals surface area contributed by atoms with E-state index >= 15 is 0 Å². The molecule has 180 valence electrons. The SMILES string of the molecule is CC(=O)O[C@H]1CC[C@]2(C)[C@H]3CC[C@]4(C)[C@@H]([C@H](C)CC=CC(C)C)CC[C@H]4C3=CC[C@H]2C1C. The van der Waals surface area contributed by atoms with E-state index in [1.807, 2.05) is 5.57 Å². The second-order valence-electron chi connectivity index (χ2n) is 12.8. The van der Waals surface area contributed by atoms with Crippen molar-refractivity contribution < 1.29 is 9.53 Å². The van der Waals surface area contributed by atoms with E-state index in [0.29, 0.717) is 28.6 Å². The first-order valence-electron chi connectivity index (χ1n) is 13.6. The Morgan fingerprint density at radius 1 is 1.09 bits per heavy atom. The largest absolute Gasteiger partial charge is 0.462 e. The number of allylic oxidation sites excluding steroid dienone is 4. The highest BCUT2D eigenvalue weighted by Crippen LogP contribution is 2.67. The highest BCUT2D eigenvalue weighted by molar-refractivity contribution is 5.66. The Kier molecular flexibility index (Phi) is 6.74. The minimum atomic E-state index is -0.111. The number of hydrogen-bond acceptors (Lipinski definition) is 2. The molecule has 3 fully saturated rings. The Labute approximate surface area is 197 Å². The van der Waals surface area contributed by atoms with Gasteiger partial charge in [0.2, 0.25) is 0 Å². The maximum absolute atomic E-state index is 11.6. The van der Waals surface area contributed by atoms with Crippen LogP contribution in [0.3, 0.4) is 0 Å². The average Bonchev–Trinajstić information content (AvgIpc) is 3.07. The van der Waals surface area contributed by atoms with Gasteiger partial charge in [-0.15, -0.1) is 0 Å². The number of ether oxygens (including phenoxy) is 1. The zero-order chi connectivity index (χ0) is 23.3. The second kappa shape index (κ2) is 8.95. The molecule has 2 heteroatoms. The van der Waals surface area contributed by atoms with Crippen LogP contribution in [0.25, 0.3) is 0 Å². The maximum atomic E-state index is 11.6. The molecule has 0 aromatic heterocycles. The molecule has 0 aliphatic heterocycles. The van der Waals surface area contributed by atoms with Crippen LogP contribution in [-0.4, -0.2) is 12.1 Å². The number of carbonyl (C=O) groups is 1. The summed E-state index contributed by atoms with van der Waals surface area (Å²) in [7, 11) is 0. The quantitative estimate of drug-likeness (QED) is 0.320. The normalized spacial score (nSPS) is 44.6. The van der Waals surface area contributed by atoms with Crippen molar-refractivity contribution in [3.8, 4) is 0 Å². The van der Waals surface area contributed by atoms with Crippen LogP contribution >= 0.6 is 0 Å². The predicted octanol–water partition coefficient (Wildman–Crippen LogP) is 7.98. The van der Waals surface area contributed by atoms with Gasteiger partial charge in [-0.05, 0) is 104 Å². The van der Waals surface area contributed by atoms with Crippen molar-refractivity contribution in [2.24, 2.45) is 52.3 Å². The monoisotopic (exact) mass is 440 g/mol. The maximum Gasteiger partial charge on any atom is 0.302 e. The number of hydrogen-bond donors (Lipinski definition) is 0. The van der Waals surface area contributed by atoms with Crippen LogP contribution in [0.5, 0.6) is 0 Å². The molecule has 32 heavy (non-hydrogen) atoms. The van der Waals surface area contributed by atoms with Gasteiger partial charge in [0.25, 0.3) is 0 Å². The molecule has 0 N–H and O–H groups in total. The van der Waals surface area contributed by atoms with Gasteiger partial charge < -0.3 is 4.74 Å². The molecule has 0 aromatic rings. The number of esters is 1. The molecule has 0 radical (unpaired) electrons. The smallest absolute Gasteiger partial charge is 0.302 e. The molecule has 9 atom stereocenters. The van der Waals surface area contributed by atoms with Gasteiger partial charge in [-0.25, -0.2) is 0 Å². The molecule has 0 saturated heterocycles. The van der Waals surface area contributed by atoms with E-state index in [2.05, 4.69) is 59.8 Å². The van der Waals surface area contributed by atoms with Crippen LogP contribution in [-0.2, 0) is 9.53 Å². The minimum Gasteiger partial charge on any atom is -0.462 e. The summed E-state index contributed by atoms with van der Waals surface area (Å²) in [5.41, 5.74) is 2.70. The summed E-state index contributed by atoms with van der Waals surface area (Å²) >= 11 is 0. The summed E-state index contributed by atoms with van der Waals surface area (Å²) in [6.07, 6.45) is 17.9. The number of carbonyl (C=O) groups excluding carboxylic acids is 1. The van der Waals surface area contributed by atoms with E-state index in [0.717, 1.165) is 30.1 Å². The molecule has 4 aliphatic carbocycles. The highest BCUT2D eigenvalue weighted by atomic mass is 16.5. The van der Waals surface area contributed by atoms with Gasteiger partial charge in [-0.2, -0.15) is 0 Å². The third-order valence-electron chi connectivity index (χ3n) is 10.7. The van der Waals surface area contributed by atoms with Gasteiger partial charge in [-0.3, -0.25) is 4.79 Å². The van der Waals surface area contributed by atoms with E-state index in [-0.39, 0.29) is 12.1 Å². The van der Waals surface area contributed by atoms with Crippen LogP contribution < -0.4 is 0 Å². The van der Waals surface area contributed by atoms with Gasteiger partial charge in [0.15, 0.2) is 0 Å². The zero-order valence-corrected chi connectivity index (χ0v) is 21.8. The first-order valence-corrected chi connectivity index (χ1v) is 13.6. The zero-order valence-electron chi connectivity index (χ0n) is 21.8. The summed E-state index contributed by atoms with van der Waals surface area (Å²) in [6, 6.07) is 0. The molecular formula is C30H48O2.